The number of carboxylic acids is 2. The lowest BCUT2D eigenvalue weighted by atomic mass is 9.72. The Morgan fingerprint density at radius 1 is 0.974 bits per heavy atom. The standard InChI is InChI=1S/C30H40N2O6/c1-6-24-29(25(33)34,31-27(37)38-28(3,4)5)20-32(30(24,7-2)26(35)36)19-18-23(21-14-10-8-11-15-21)22-16-12-9-13-17-22/h8-17,23-24H,6-7,18-20H2,1-5H3,(H,31,37)(H,33,34)(H,35,36)/t24?,29-,30+/m0/s1. The minimum atomic E-state index is -1.82. The SMILES string of the molecule is CCC1[C@](CC)(C(=O)O)N(CCC(c2ccccc2)c2ccccc2)C[C@@]1(NC(=O)OC(C)(C)C)C(=O)O. The van der Waals surface area contributed by atoms with Crippen LogP contribution in [-0.4, -0.2) is 62.9 Å². The predicted octanol–water partition coefficient (Wildman–Crippen LogP) is 5.13. The van der Waals surface area contributed by atoms with Gasteiger partial charge in [0.2, 0.25) is 0 Å². The number of aliphatic carboxylic acids is 2. The summed E-state index contributed by atoms with van der Waals surface area (Å²) >= 11 is 0. The molecular weight excluding hydrogens is 484 g/mol. The van der Waals surface area contributed by atoms with Gasteiger partial charge < -0.3 is 20.3 Å². The number of likely N-dealkylation sites (tertiary alicyclic amines) is 1. The van der Waals surface area contributed by atoms with Gasteiger partial charge in [-0.25, -0.2) is 9.59 Å². The number of benzene rings is 2. The maximum absolute atomic E-state index is 13.0. The van der Waals surface area contributed by atoms with Crippen molar-refractivity contribution in [3.05, 3.63) is 71.8 Å². The molecule has 1 saturated heterocycles. The lowest BCUT2D eigenvalue weighted by molar-refractivity contribution is -0.154. The smallest absolute Gasteiger partial charge is 0.408 e. The Morgan fingerprint density at radius 3 is 1.89 bits per heavy atom. The quantitative estimate of drug-likeness (QED) is 0.394. The van der Waals surface area contributed by atoms with Gasteiger partial charge >= 0.3 is 18.0 Å². The molecule has 0 saturated carbocycles. The fourth-order valence-corrected chi connectivity index (χ4v) is 6.11. The topological polar surface area (TPSA) is 116 Å². The molecule has 8 heteroatoms. The van der Waals surface area contributed by atoms with E-state index in [0.29, 0.717) is 13.0 Å². The third kappa shape index (κ3) is 5.70. The molecule has 8 nitrogen and oxygen atoms in total. The summed E-state index contributed by atoms with van der Waals surface area (Å²) in [6.07, 6.45) is 0.135. The van der Waals surface area contributed by atoms with E-state index in [2.05, 4.69) is 5.32 Å². The monoisotopic (exact) mass is 524 g/mol. The van der Waals surface area contributed by atoms with E-state index in [0.717, 1.165) is 11.1 Å². The van der Waals surface area contributed by atoms with Crippen LogP contribution in [0.25, 0.3) is 0 Å². The van der Waals surface area contributed by atoms with Crippen LogP contribution in [0.3, 0.4) is 0 Å². The minimum absolute atomic E-state index is 0.0144. The number of nitrogens with one attached hydrogen (secondary N) is 1. The maximum Gasteiger partial charge on any atom is 0.408 e. The van der Waals surface area contributed by atoms with Crippen molar-refractivity contribution in [3.8, 4) is 0 Å². The maximum atomic E-state index is 13.0. The summed E-state index contributed by atoms with van der Waals surface area (Å²) < 4.78 is 5.40. The molecule has 0 aliphatic carbocycles. The molecule has 1 aliphatic heterocycles. The van der Waals surface area contributed by atoms with Crippen LogP contribution in [0, 0.1) is 5.92 Å². The molecule has 2 aromatic rings. The molecule has 206 valence electrons. The van der Waals surface area contributed by atoms with E-state index in [1.807, 2.05) is 60.7 Å². The number of ether oxygens (including phenoxy) is 1. The van der Waals surface area contributed by atoms with Crippen molar-refractivity contribution in [3.63, 3.8) is 0 Å². The lowest BCUT2D eigenvalue weighted by Gasteiger charge is -2.40. The van der Waals surface area contributed by atoms with Gasteiger partial charge in [0.15, 0.2) is 5.54 Å². The summed E-state index contributed by atoms with van der Waals surface area (Å²) in [4.78, 5) is 40.4. The van der Waals surface area contributed by atoms with E-state index in [1.54, 1.807) is 39.5 Å². The van der Waals surface area contributed by atoms with Crippen LogP contribution in [0.15, 0.2) is 60.7 Å². The number of hydrogen-bond acceptors (Lipinski definition) is 5. The van der Waals surface area contributed by atoms with E-state index in [9.17, 15) is 24.6 Å². The van der Waals surface area contributed by atoms with E-state index in [1.165, 1.54) is 0 Å². The van der Waals surface area contributed by atoms with Gasteiger partial charge in [-0.05, 0) is 51.2 Å². The Labute approximate surface area is 225 Å². The van der Waals surface area contributed by atoms with Crippen LogP contribution >= 0.6 is 0 Å². The first-order chi connectivity index (χ1) is 17.9. The Kier molecular flexibility index (Phi) is 8.87. The van der Waals surface area contributed by atoms with Gasteiger partial charge in [-0.3, -0.25) is 9.69 Å². The summed E-state index contributed by atoms with van der Waals surface area (Å²) in [7, 11) is 0. The van der Waals surface area contributed by atoms with Gasteiger partial charge in [0, 0.05) is 24.9 Å². The minimum Gasteiger partial charge on any atom is -0.480 e. The molecule has 0 bridgehead atoms. The average molecular weight is 525 g/mol. The van der Waals surface area contributed by atoms with Crippen LogP contribution in [-0.2, 0) is 14.3 Å². The summed E-state index contributed by atoms with van der Waals surface area (Å²) in [5.74, 6) is -3.25. The van der Waals surface area contributed by atoms with Crippen molar-refractivity contribution in [1.29, 1.82) is 0 Å². The van der Waals surface area contributed by atoms with E-state index in [-0.39, 0.29) is 25.3 Å². The molecule has 38 heavy (non-hydrogen) atoms. The zero-order valence-corrected chi connectivity index (χ0v) is 22.9. The second-order valence-electron chi connectivity index (χ2n) is 11.0. The lowest BCUT2D eigenvalue weighted by Crippen LogP contribution is -2.63. The second-order valence-corrected chi connectivity index (χ2v) is 11.0. The summed E-state index contributed by atoms with van der Waals surface area (Å²) in [5, 5.41) is 23.7. The van der Waals surface area contributed by atoms with E-state index >= 15 is 0 Å². The summed E-state index contributed by atoms with van der Waals surface area (Å²) in [5.41, 5.74) is -1.94. The molecule has 1 aliphatic rings. The first kappa shape index (κ1) is 29.2. The van der Waals surface area contributed by atoms with Crippen molar-refractivity contribution in [1.82, 2.24) is 10.2 Å². The number of nitrogens with zero attached hydrogens (tertiary/aromatic N) is 1. The van der Waals surface area contributed by atoms with Crippen LogP contribution in [0.2, 0.25) is 0 Å². The highest BCUT2D eigenvalue weighted by Crippen LogP contribution is 2.47. The largest absolute Gasteiger partial charge is 0.480 e. The molecule has 0 radical (unpaired) electrons. The first-order valence-corrected chi connectivity index (χ1v) is 13.2. The Morgan fingerprint density at radius 2 is 1.50 bits per heavy atom. The third-order valence-corrected chi connectivity index (χ3v) is 7.69. The van der Waals surface area contributed by atoms with Gasteiger partial charge in [-0.2, -0.15) is 0 Å². The van der Waals surface area contributed by atoms with Crippen LogP contribution < -0.4 is 5.32 Å². The molecule has 3 N–H and O–H groups in total. The average Bonchev–Trinajstić information content (AvgIpc) is 3.14. The van der Waals surface area contributed by atoms with Gasteiger partial charge in [-0.1, -0.05) is 74.5 Å². The van der Waals surface area contributed by atoms with Crippen molar-refractivity contribution in [2.45, 2.75) is 76.5 Å². The zero-order chi connectivity index (χ0) is 28.1. The molecule has 3 atom stereocenters. The van der Waals surface area contributed by atoms with Gasteiger partial charge in [0.1, 0.15) is 11.1 Å². The zero-order valence-electron chi connectivity index (χ0n) is 22.9. The van der Waals surface area contributed by atoms with E-state index < -0.39 is 40.6 Å². The third-order valence-electron chi connectivity index (χ3n) is 7.69. The van der Waals surface area contributed by atoms with Crippen molar-refractivity contribution in [2.75, 3.05) is 13.1 Å². The van der Waals surface area contributed by atoms with Crippen molar-refractivity contribution >= 4 is 18.0 Å². The van der Waals surface area contributed by atoms with Crippen molar-refractivity contribution < 1.29 is 29.3 Å². The van der Waals surface area contributed by atoms with Crippen LogP contribution in [0.4, 0.5) is 4.79 Å². The Balaban J connectivity index is 2.02. The number of carbonyl (C=O) groups is 3. The van der Waals surface area contributed by atoms with Crippen LogP contribution in [0.5, 0.6) is 0 Å². The molecule has 0 spiro atoms. The molecule has 1 heterocycles. The number of hydrogen-bond donors (Lipinski definition) is 3. The fraction of sp³-hybridized carbons (Fsp3) is 0.500. The highest BCUT2D eigenvalue weighted by Gasteiger charge is 2.67. The summed E-state index contributed by atoms with van der Waals surface area (Å²) in [6.45, 7) is 8.80. The molecule has 3 rings (SSSR count). The molecule has 1 amide bonds. The Bertz CT molecular complexity index is 1080. The number of rotatable bonds is 10. The first-order valence-electron chi connectivity index (χ1n) is 13.2. The number of carbonyl (C=O) groups excluding carboxylic acids is 1. The van der Waals surface area contributed by atoms with Crippen molar-refractivity contribution in [2.24, 2.45) is 5.92 Å². The highest BCUT2D eigenvalue weighted by molar-refractivity contribution is 5.90. The predicted molar refractivity (Wildman–Crippen MR) is 145 cm³/mol. The van der Waals surface area contributed by atoms with Crippen LogP contribution in [0.1, 0.15) is 70.9 Å². The van der Waals surface area contributed by atoms with Gasteiger partial charge in [0.25, 0.3) is 0 Å². The normalized spacial score (nSPS) is 23.8. The number of alkyl carbamates (subject to hydrolysis) is 1. The molecule has 2 aromatic carbocycles. The highest BCUT2D eigenvalue weighted by atomic mass is 16.6. The van der Waals surface area contributed by atoms with Gasteiger partial charge in [-0.15, -0.1) is 0 Å². The molecule has 0 aromatic heterocycles. The number of amides is 1. The Hall–Kier alpha value is -3.39. The molecule has 1 unspecified atom stereocenters. The molecular formula is C30H40N2O6. The number of carboxylic acid groups (broad SMARTS) is 2. The van der Waals surface area contributed by atoms with Gasteiger partial charge in [0.05, 0.1) is 0 Å². The second kappa shape index (κ2) is 11.6. The fourth-order valence-electron chi connectivity index (χ4n) is 6.11. The molecule has 1 fully saturated rings. The summed E-state index contributed by atoms with van der Waals surface area (Å²) in [6, 6.07) is 20.0. The van der Waals surface area contributed by atoms with E-state index in [4.69, 9.17) is 4.74 Å².